The Morgan fingerprint density at radius 2 is 1.85 bits per heavy atom. The predicted octanol–water partition coefficient (Wildman–Crippen LogP) is 2.48. The molecule has 0 aromatic heterocycles. The van der Waals surface area contributed by atoms with Crippen LogP contribution in [0.4, 0.5) is 5.69 Å². The Labute approximate surface area is 155 Å². The fraction of sp³-hybridized carbons (Fsp3) is 0.158. The number of hydrogen-bond donors (Lipinski definition) is 1. The van der Waals surface area contributed by atoms with Gasteiger partial charge >= 0.3 is 5.97 Å². The molecule has 0 bridgehead atoms. The van der Waals surface area contributed by atoms with E-state index in [1.54, 1.807) is 13.2 Å². The molecule has 0 unspecified atom stereocenters. The summed E-state index contributed by atoms with van der Waals surface area (Å²) in [6.45, 7) is -0.169. The number of nitrogens with zero attached hydrogens (tertiary/aromatic N) is 1. The van der Waals surface area contributed by atoms with Gasteiger partial charge in [-0.05, 0) is 29.8 Å². The molecule has 0 saturated heterocycles. The molecule has 0 radical (unpaired) electrons. The molecule has 0 saturated carbocycles. The molecule has 0 spiro atoms. The van der Waals surface area contributed by atoms with Gasteiger partial charge in [-0.15, -0.1) is 0 Å². The minimum absolute atomic E-state index is 0.0403. The number of ether oxygens (including phenoxy) is 2. The van der Waals surface area contributed by atoms with Crippen molar-refractivity contribution in [2.24, 2.45) is 0 Å². The molecule has 1 N–H and O–H groups in total. The number of benzene rings is 2. The lowest BCUT2D eigenvalue weighted by atomic mass is 10.2. The van der Waals surface area contributed by atoms with Crippen molar-refractivity contribution in [1.29, 1.82) is 0 Å². The summed E-state index contributed by atoms with van der Waals surface area (Å²) in [6.07, 6.45) is 2.59. The van der Waals surface area contributed by atoms with Crippen molar-refractivity contribution < 1.29 is 24.0 Å². The molecule has 1 amide bonds. The topological polar surface area (TPSA) is 108 Å². The number of nitro groups is 1. The number of carbonyl (C=O) groups excluding carboxylic acids is 2. The highest BCUT2D eigenvalue weighted by Gasteiger charge is 2.07. The highest BCUT2D eigenvalue weighted by atomic mass is 16.6. The molecule has 0 atom stereocenters. The van der Waals surface area contributed by atoms with E-state index in [2.05, 4.69) is 5.32 Å². The number of para-hydroxylation sites is 1. The minimum atomic E-state index is -0.694. The monoisotopic (exact) mass is 370 g/mol. The van der Waals surface area contributed by atoms with Crippen molar-refractivity contribution in [2.75, 3.05) is 13.7 Å². The standard InChI is InChI=1S/C19H18N2O6/c1-26-17-5-3-2-4-15(17)12-20-18(22)13-27-19(23)11-8-14-6-9-16(10-7-14)21(24)25/h2-11H,12-13H2,1H3,(H,20,22)/b11-8+. The Kier molecular flexibility index (Phi) is 7.07. The highest BCUT2D eigenvalue weighted by molar-refractivity contribution is 5.89. The lowest BCUT2D eigenvalue weighted by Gasteiger charge is -2.09. The Morgan fingerprint density at radius 1 is 1.15 bits per heavy atom. The average molecular weight is 370 g/mol. The summed E-state index contributed by atoms with van der Waals surface area (Å²) < 4.78 is 10.0. The zero-order chi connectivity index (χ0) is 19.6. The maximum Gasteiger partial charge on any atom is 0.331 e. The van der Waals surface area contributed by atoms with E-state index in [0.717, 1.165) is 11.6 Å². The maximum absolute atomic E-state index is 11.8. The van der Waals surface area contributed by atoms with Gasteiger partial charge in [0.05, 0.1) is 12.0 Å². The maximum atomic E-state index is 11.8. The van der Waals surface area contributed by atoms with Crippen molar-refractivity contribution in [3.63, 3.8) is 0 Å². The molecule has 0 aliphatic carbocycles. The number of carbonyl (C=O) groups is 2. The quantitative estimate of drug-likeness (QED) is 0.331. The molecule has 140 valence electrons. The molecular weight excluding hydrogens is 352 g/mol. The number of esters is 1. The largest absolute Gasteiger partial charge is 0.496 e. The van der Waals surface area contributed by atoms with E-state index in [-0.39, 0.29) is 12.2 Å². The van der Waals surface area contributed by atoms with Crippen LogP contribution in [0.2, 0.25) is 0 Å². The minimum Gasteiger partial charge on any atom is -0.496 e. The van der Waals surface area contributed by atoms with Gasteiger partial charge in [0.25, 0.3) is 11.6 Å². The van der Waals surface area contributed by atoms with Crippen LogP contribution in [-0.2, 0) is 20.9 Å². The van der Waals surface area contributed by atoms with Crippen LogP contribution >= 0.6 is 0 Å². The van der Waals surface area contributed by atoms with Gasteiger partial charge in [-0.3, -0.25) is 14.9 Å². The summed E-state index contributed by atoms with van der Waals surface area (Å²) in [5.74, 6) is -0.486. The van der Waals surface area contributed by atoms with Gasteiger partial charge in [-0.1, -0.05) is 18.2 Å². The third kappa shape index (κ3) is 6.28. The second kappa shape index (κ2) is 9.71. The van der Waals surface area contributed by atoms with Crippen LogP contribution in [0.5, 0.6) is 5.75 Å². The summed E-state index contributed by atoms with van der Waals surface area (Å²) >= 11 is 0. The van der Waals surface area contributed by atoms with E-state index in [4.69, 9.17) is 9.47 Å². The van der Waals surface area contributed by atoms with Crippen LogP contribution in [0.25, 0.3) is 6.08 Å². The van der Waals surface area contributed by atoms with E-state index >= 15 is 0 Å². The third-order valence-corrected chi connectivity index (χ3v) is 3.53. The molecule has 2 aromatic rings. The molecule has 8 nitrogen and oxygen atoms in total. The van der Waals surface area contributed by atoms with Gasteiger partial charge in [-0.2, -0.15) is 0 Å². The zero-order valence-corrected chi connectivity index (χ0v) is 14.6. The van der Waals surface area contributed by atoms with Gasteiger partial charge < -0.3 is 14.8 Å². The van der Waals surface area contributed by atoms with E-state index in [1.807, 2.05) is 18.2 Å². The van der Waals surface area contributed by atoms with Gasteiger partial charge in [0.15, 0.2) is 6.61 Å². The molecule has 2 rings (SSSR count). The van der Waals surface area contributed by atoms with Crippen molar-refractivity contribution in [3.8, 4) is 5.75 Å². The summed E-state index contributed by atoms with van der Waals surface area (Å²) in [6, 6.07) is 12.9. The molecule has 0 aliphatic rings. The number of non-ortho nitro benzene ring substituents is 1. The van der Waals surface area contributed by atoms with Crippen molar-refractivity contribution in [3.05, 3.63) is 75.8 Å². The molecule has 27 heavy (non-hydrogen) atoms. The lowest BCUT2D eigenvalue weighted by molar-refractivity contribution is -0.384. The summed E-state index contributed by atoms with van der Waals surface area (Å²) in [5, 5.41) is 13.2. The molecule has 8 heteroatoms. The van der Waals surface area contributed by atoms with Crippen LogP contribution in [-0.4, -0.2) is 30.5 Å². The van der Waals surface area contributed by atoms with Gasteiger partial charge in [0.2, 0.25) is 0 Å². The molecule has 0 fully saturated rings. The zero-order valence-electron chi connectivity index (χ0n) is 14.6. The van der Waals surface area contributed by atoms with Gasteiger partial charge in [-0.25, -0.2) is 4.79 Å². The third-order valence-electron chi connectivity index (χ3n) is 3.53. The number of methoxy groups -OCH3 is 1. The van der Waals surface area contributed by atoms with Crippen LogP contribution in [0.3, 0.4) is 0 Å². The first-order chi connectivity index (χ1) is 13.0. The van der Waals surface area contributed by atoms with Gasteiger partial charge in [0, 0.05) is 30.3 Å². The first-order valence-corrected chi connectivity index (χ1v) is 7.97. The summed E-state index contributed by atoms with van der Waals surface area (Å²) in [4.78, 5) is 33.5. The van der Waals surface area contributed by atoms with Crippen LogP contribution < -0.4 is 10.1 Å². The van der Waals surface area contributed by atoms with E-state index in [0.29, 0.717) is 11.3 Å². The second-order valence-electron chi connectivity index (χ2n) is 5.38. The first-order valence-electron chi connectivity index (χ1n) is 7.97. The number of nitrogens with one attached hydrogen (secondary N) is 1. The Morgan fingerprint density at radius 3 is 2.52 bits per heavy atom. The van der Waals surface area contributed by atoms with Crippen LogP contribution in [0.1, 0.15) is 11.1 Å². The first kappa shape index (κ1) is 19.6. The molecule has 2 aromatic carbocycles. The predicted molar refractivity (Wildman–Crippen MR) is 97.9 cm³/mol. The van der Waals surface area contributed by atoms with Crippen molar-refractivity contribution >= 4 is 23.6 Å². The molecule has 0 heterocycles. The Balaban J connectivity index is 1.77. The lowest BCUT2D eigenvalue weighted by Crippen LogP contribution is -2.28. The van der Waals surface area contributed by atoms with E-state index in [1.165, 1.54) is 30.3 Å². The SMILES string of the molecule is COc1ccccc1CNC(=O)COC(=O)/C=C/c1ccc([N+](=O)[O-])cc1. The van der Waals surface area contributed by atoms with Crippen LogP contribution in [0, 0.1) is 10.1 Å². The smallest absolute Gasteiger partial charge is 0.331 e. The fourth-order valence-electron chi connectivity index (χ4n) is 2.15. The summed E-state index contributed by atoms with van der Waals surface area (Å²) in [7, 11) is 1.54. The van der Waals surface area contributed by atoms with Gasteiger partial charge in [0.1, 0.15) is 5.75 Å². The number of nitro benzene ring substituents is 1. The number of hydrogen-bond acceptors (Lipinski definition) is 6. The van der Waals surface area contributed by atoms with Crippen LogP contribution in [0.15, 0.2) is 54.6 Å². The summed E-state index contributed by atoms with van der Waals surface area (Å²) in [5.41, 5.74) is 1.36. The number of rotatable bonds is 8. The van der Waals surface area contributed by atoms with Crippen molar-refractivity contribution in [1.82, 2.24) is 5.32 Å². The molecular formula is C19H18N2O6. The van der Waals surface area contributed by atoms with E-state index in [9.17, 15) is 19.7 Å². The normalized spacial score (nSPS) is 10.4. The van der Waals surface area contributed by atoms with E-state index < -0.39 is 23.4 Å². The highest BCUT2D eigenvalue weighted by Crippen LogP contribution is 2.16. The second-order valence-corrected chi connectivity index (χ2v) is 5.38. The van der Waals surface area contributed by atoms with Crippen molar-refractivity contribution in [2.45, 2.75) is 6.54 Å². The molecule has 0 aliphatic heterocycles. The number of amides is 1. The average Bonchev–Trinajstić information content (AvgIpc) is 2.69. The fourth-order valence-corrected chi connectivity index (χ4v) is 2.15. The Hall–Kier alpha value is -3.68. The Bertz CT molecular complexity index is 846.